The quantitative estimate of drug-likeness (QED) is 0.512. The third-order valence-corrected chi connectivity index (χ3v) is 1.97. The zero-order valence-corrected chi connectivity index (χ0v) is 8.63. The predicted molar refractivity (Wildman–Crippen MR) is 58.0 cm³/mol. The van der Waals surface area contributed by atoms with Crippen LogP contribution < -0.4 is 4.74 Å². The predicted octanol–water partition coefficient (Wildman–Crippen LogP) is 3.20. The van der Waals surface area contributed by atoms with Crippen LogP contribution in [0.2, 0.25) is 0 Å². The van der Waals surface area contributed by atoms with Crippen LogP contribution in [0, 0.1) is 24.2 Å². The third kappa shape index (κ3) is 5.07. The minimum absolute atomic E-state index is 0.389. The van der Waals surface area contributed by atoms with Gasteiger partial charge in [-0.2, -0.15) is 0 Å². The Balaban J connectivity index is 2.13. The van der Waals surface area contributed by atoms with Crippen molar-refractivity contribution in [3.05, 3.63) is 30.1 Å². The van der Waals surface area contributed by atoms with Gasteiger partial charge in [0.2, 0.25) is 0 Å². The second-order valence-electron chi connectivity index (χ2n) is 3.24. The molecule has 0 fully saturated rings. The van der Waals surface area contributed by atoms with E-state index < -0.39 is 0 Å². The fourth-order valence-corrected chi connectivity index (χ4v) is 1.20. The first-order chi connectivity index (χ1) is 7.33. The van der Waals surface area contributed by atoms with Gasteiger partial charge >= 0.3 is 0 Å². The van der Waals surface area contributed by atoms with Gasteiger partial charge in [0.05, 0.1) is 6.61 Å². The second-order valence-corrected chi connectivity index (χ2v) is 3.24. The van der Waals surface area contributed by atoms with Crippen LogP contribution in [-0.2, 0) is 0 Å². The Bertz CT molecular complexity index is 328. The molecule has 0 heterocycles. The van der Waals surface area contributed by atoms with Gasteiger partial charge < -0.3 is 4.74 Å². The summed E-state index contributed by atoms with van der Waals surface area (Å²) in [4.78, 5) is 0. The Morgan fingerprint density at radius 1 is 1.40 bits per heavy atom. The number of terminal acetylenes is 1. The van der Waals surface area contributed by atoms with E-state index in [9.17, 15) is 4.39 Å². The van der Waals surface area contributed by atoms with Crippen molar-refractivity contribution in [1.29, 1.82) is 0 Å². The van der Waals surface area contributed by atoms with E-state index in [1.54, 1.807) is 6.07 Å². The molecule has 0 aliphatic rings. The zero-order valence-electron chi connectivity index (χ0n) is 8.63. The minimum Gasteiger partial charge on any atom is -0.493 e. The largest absolute Gasteiger partial charge is 0.493 e. The van der Waals surface area contributed by atoms with Gasteiger partial charge in [0.25, 0.3) is 0 Å². The molecule has 2 heteroatoms. The summed E-state index contributed by atoms with van der Waals surface area (Å²) in [5.74, 6) is 2.76. The summed E-state index contributed by atoms with van der Waals surface area (Å²) in [6.45, 7) is 0.605. The third-order valence-electron chi connectivity index (χ3n) is 1.97. The number of unbranched alkanes of at least 4 members (excludes halogenated alkanes) is 3. The first-order valence-corrected chi connectivity index (χ1v) is 5.06. The molecule has 0 N–H and O–H groups in total. The Morgan fingerprint density at radius 3 is 3.00 bits per heavy atom. The molecular weight excluding hydrogens is 191 g/mol. The molecule has 1 nitrogen and oxygen atoms in total. The van der Waals surface area contributed by atoms with Crippen molar-refractivity contribution in [2.45, 2.75) is 25.7 Å². The molecule has 0 saturated heterocycles. The summed E-state index contributed by atoms with van der Waals surface area (Å²) in [7, 11) is 0. The van der Waals surface area contributed by atoms with E-state index >= 15 is 0 Å². The van der Waals surface area contributed by atoms with E-state index in [1.165, 1.54) is 12.1 Å². The van der Waals surface area contributed by atoms with Crippen molar-refractivity contribution < 1.29 is 9.13 Å². The molecule has 0 unspecified atom stereocenters. The second kappa shape index (κ2) is 6.89. The van der Waals surface area contributed by atoms with Crippen LogP contribution in [0.3, 0.4) is 0 Å². The lowest BCUT2D eigenvalue weighted by Crippen LogP contribution is -1.97. The topological polar surface area (TPSA) is 9.23 Å². The smallest absolute Gasteiger partial charge is 0.134 e. The number of hydrogen-bond donors (Lipinski definition) is 0. The zero-order chi connectivity index (χ0) is 10.9. The van der Waals surface area contributed by atoms with Crippen LogP contribution in [0.15, 0.2) is 18.2 Å². The monoisotopic (exact) mass is 205 g/mol. The van der Waals surface area contributed by atoms with E-state index in [4.69, 9.17) is 11.2 Å². The highest BCUT2D eigenvalue weighted by Gasteiger charge is 1.95. The number of ether oxygens (including phenoxy) is 1. The van der Waals surface area contributed by atoms with Crippen molar-refractivity contribution in [2.24, 2.45) is 0 Å². The molecule has 0 saturated carbocycles. The van der Waals surface area contributed by atoms with Crippen molar-refractivity contribution >= 4 is 0 Å². The molecule has 1 aromatic rings. The van der Waals surface area contributed by atoms with Crippen LogP contribution in [0.5, 0.6) is 5.75 Å². The van der Waals surface area contributed by atoms with Gasteiger partial charge in [-0.05, 0) is 31.4 Å². The van der Waals surface area contributed by atoms with Gasteiger partial charge in [0, 0.05) is 18.6 Å². The molecule has 0 spiro atoms. The van der Waals surface area contributed by atoms with Crippen LogP contribution in [0.25, 0.3) is 0 Å². The lowest BCUT2D eigenvalue weighted by Gasteiger charge is -2.05. The van der Waals surface area contributed by atoms with Crippen molar-refractivity contribution in [3.8, 4) is 18.1 Å². The lowest BCUT2D eigenvalue weighted by molar-refractivity contribution is 0.304. The highest BCUT2D eigenvalue weighted by molar-refractivity contribution is 5.21. The molecular formula is C13H14FO. The van der Waals surface area contributed by atoms with E-state index in [2.05, 4.69) is 12.0 Å². The summed E-state index contributed by atoms with van der Waals surface area (Å²) in [6, 6.07) is 6.97. The number of benzene rings is 1. The fourth-order valence-electron chi connectivity index (χ4n) is 1.20. The molecule has 79 valence electrons. The van der Waals surface area contributed by atoms with Crippen LogP contribution in [0.1, 0.15) is 25.7 Å². The Kier molecular flexibility index (Phi) is 5.32. The van der Waals surface area contributed by atoms with Crippen molar-refractivity contribution in [3.63, 3.8) is 0 Å². The average Bonchev–Trinajstić information content (AvgIpc) is 2.23. The Hall–Kier alpha value is -1.49. The van der Waals surface area contributed by atoms with E-state index in [1.807, 2.05) is 0 Å². The van der Waals surface area contributed by atoms with Gasteiger partial charge in [-0.1, -0.05) is 0 Å². The molecule has 0 bridgehead atoms. The molecule has 0 aliphatic carbocycles. The molecule has 0 atom stereocenters. The van der Waals surface area contributed by atoms with Crippen LogP contribution in [-0.4, -0.2) is 6.61 Å². The Labute approximate surface area is 90.3 Å². The minimum atomic E-state index is -0.389. The SMILES string of the molecule is C#CCCCCCOc1cc[c]c(F)c1. The average molecular weight is 205 g/mol. The maximum atomic E-state index is 12.7. The highest BCUT2D eigenvalue weighted by atomic mass is 19.1. The molecule has 0 aromatic heterocycles. The molecule has 15 heavy (non-hydrogen) atoms. The van der Waals surface area contributed by atoms with Crippen LogP contribution in [0.4, 0.5) is 4.39 Å². The normalized spacial score (nSPS) is 9.60. The molecule has 0 aliphatic heterocycles. The standard InChI is InChI=1S/C13H14FO/c1-2-3-4-5-6-10-15-13-9-7-8-12(14)11-13/h1,7,9,11H,3-6,10H2. The maximum absolute atomic E-state index is 12.7. The molecule has 1 rings (SSSR count). The van der Waals surface area contributed by atoms with Crippen molar-refractivity contribution in [1.82, 2.24) is 0 Å². The lowest BCUT2D eigenvalue weighted by atomic mass is 10.2. The molecule has 1 radical (unpaired) electrons. The van der Waals surface area contributed by atoms with E-state index in [0.29, 0.717) is 12.4 Å². The number of halogens is 1. The molecule has 0 amide bonds. The molecule has 1 aromatic carbocycles. The maximum Gasteiger partial charge on any atom is 0.134 e. The summed E-state index contributed by atoms with van der Waals surface area (Å²) in [5, 5.41) is 0. The van der Waals surface area contributed by atoms with Gasteiger partial charge in [-0.15, -0.1) is 12.3 Å². The summed E-state index contributed by atoms with van der Waals surface area (Å²) in [6.07, 6.45) is 8.96. The van der Waals surface area contributed by atoms with Gasteiger partial charge in [-0.3, -0.25) is 0 Å². The highest BCUT2D eigenvalue weighted by Crippen LogP contribution is 2.12. The first-order valence-electron chi connectivity index (χ1n) is 5.06. The summed E-state index contributed by atoms with van der Waals surface area (Å²) < 4.78 is 18.0. The van der Waals surface area contributed by atoms with Gasteiger partial charge in [0.1, 0.15) is 11.6 Å². The van der Waals surface area contributed by atoms with Gasteiger partial charge in [-0.25, -0.2) is 4.39 Å². The first kappa shape index (κ1) is 11.6. The Morgan fingerprint density at radius 2 is 2.27 bits per heavy atom. The van der Waals surface area contributed by atoms with Gasteiger partial charge in [0.15, 0.2) is 0 Å². The van der Waals surface area contributed by atoms with Crippen LogP contribution >= 0.6 is 0 Å². The fraction of sp³-hybridized carbons (Fsp3) is 0.385. The number of hydrogen-bond acceptors (Lipinski definition) is 1. The number of rotatable bonds is 6. The summed E-state index contributed by atoms with van der Waals surface area (Å²) in [5.41, 5.74) is 0. The van der Waals surface area contributed by atoms with Crippen molar-refractivity contribution in [2.75, 3.05) is 6.61 Å². The summed E-state index contributed by atoms with van der Waals surface area (Å²) >= 11 is 0. The van der Waals surface area contributed by atoms with E-state index in [-0.39, 0.29) is 5.82 Å². The van der Waals surface area contributed by atoms with E-state index in [0.717, 1.165) is 25.7 Å².